The van der Waals surface area contributed by atoms with Gasteiger partial charge in [-0.3, -0.25) is 0 Å². The van der Waals surface area contributed by atoms with E-state index in [1.54, 1.807) is 6.20 Å². The smallest absolute Gasteiger partial charge is 0.399 e. The number of anilines is 1. The number of hydrazone groups is 1. The maximum Gasteiger partial charge on any atom is 0.495 e. The van der Waals surface area contributed by atoms with Gasteiger partial charge in [0, 0.05) is 25.4 Å². The van der Waals surface area contributed by atoms with Crippen LogP contribution >= 0.6 is 0 Å². The first-order valence-corrected chi connectivity index (χ1v) is 7.01. The van der Waals surface area contributed by atoms with Crippen molar-refractivity contribution in [3.8, 4) is 0 Å². The van der Waals surface area contributed by atoms with E-state index in [-0.39, 0.29) is 18.3 Å². The van der Waals surface area contributed by atoms with Gasteiger partial charge in [0.2, 0.25) is 0 Å². The molecule has 1 aromatic heterocycles. The zero-order valence-corrected chi connectivity index (χ0v) is 12.5. The van der Waals surface area contributed by atoms with E-state index in [2.05, 4.69) is 37.8 Å². The molecule has 5 nitrogen and oxygen atoms in total. The molecule has 0 aliphatic carbocycles. The Morgan fingerprint density at radius 1 is 1.20 bits per heavy atom. The van der Waals surface area contributed by atoms with Crippen molar-refractivity contribution in [1.29, 1.82) is 0 Å². The first-order valence-electron chi connectivity index (χ1n) is 7.01. The molecule has 3 rings (SSSR count). The van der Waals surface area contributed by atoms with Crippen molar-refractivity contribution in [2.75, 3.05) is 11.6 Å². The van der Waals surface area contributed by atoms with Crippen LogP contribution in [0.2, 0.25) is 0 Å². The second-order valence-electron chi connectivity index (χ2n) is 6.25. The van der Waals surface area contributed by atoms with E-state index < -0.39 is 0 Å². The Morgan fingerprint density at radius 2 is 1.90 bits per heavy atom. The Kier molecular flexibility index (Phi) is 3.10. The van der Waals surface area contributed by atoms with Crippen LogP contribution in [0, 0.1) is 0 Å². The lowest BCUT2D eigenvalue weighted by atomic mass is 9.80. The van der Waals surface area contributed by atoms with Gasteiger partial charge in [-0.05, 0) is 45.3 Å². The lowest BCUT2D eigenvalue weighted by Gasteiger charge is -2.32. The van der Waals surface area contributed by atoms with Crippen LogP contribution in [0.3, 0.4) is 0 Å². The first-order chi connectivity index (χ1) is 9.39. The molecule has 3 heterocycles. The molecule has 1 saturated heterocycles. The second-order valence-corrected chi connectivity index (χ2v) is 6.25. The molecule has 2 aliphatic heterocycles. The van der Waals surface area contributed by atoms with Gasteiger partial charge in [0.05, 0.1) is 11.2 Å². The van der Waals surface area contributed by atoms with Crippen molar-refractivity contribution in [3.05, 3.63) is 18.3 Å². The minimum atomic E-state index is -0.353. The highest BCUT2D eigenvalue weighted by Gasteiger charge is 2.51. The quantitative estimate of drug-likeness (QED) is 0.767. The Hall–Kier alpha value is -1.40. The standard InChI is InChI=1S/C14H20BN3O2/c1-13(2)14(3,4)20-15(19-13)11-6-8-16-12(10-11)18-9-5-7-17-18/h6-8,10H,5,9H2,1-4H3. The predicted octanol–water partition coefficient (Wildman–Crippen LogP) is 1.58. The fourth-order valence-electron chi connectivity index (χ4n) is 2.27. The fourth-order valence-corrected chi connectivity index (χ4v) is 2.27. The van der Waals surface area contributed by atoms with E-state index in [4.69, 9.17) is 9.31 Å². The summed E-state index contributed by atoms with van der Waals surface area (Å²) in [5.74, 6) is 0.839. The van der Waals surface area contributed by atoms with E-state index in [1.807, 2.05) is 23.4 Å². The Labute approximate surface area is 120 Å². The molecule has 6 heteroatoms. The number of nitrogens with zero attached hydrogens (tertiary/aromatic N) is 3. The fraction of sp³-hybridized carbons (Fsp3) is 0.571. The minimum Gasteiger partial charge on any atom is -0.399 e. The molecule has 0 spiro atoms. The van der Waals surface area contributed by atoms with Crippen LogP contribution in [0.15, 0.2) is 23.4 Å². The summed E-state index contributed by atoms with van der Waals surface area (Å²) in [7, 11) is -0.353. The predicted molar refractivity (Wildman–Crippen MR) is 80.4 cm³/mol. The molecule has 0 radical (unpaired) electrons. The highest BCUT2D eigenvalue weighted by Crippen LogP contribution is 2.36. The number of aromatic nitrogens is 1. The van der Waals surface area contributed by atoms with Crippen molar-refractivity contribution in [2.45, 2.75) is 45.3 Å². The van der Waals surface area contributed by atoms with Gasteiger partial charge in [0.1, 0.15) is 5.82 Å². The van der Waals surface area contributed by atoms with Crippen LogP contribution in [-0.4, -0.2) is 36.1 Å². The summed E-state index contributed by atoms with van der Waals surface area (Å²) in [4.78, 5) is 4.37. The Morgan fingerprint density at radius 3 is 2.50 bits per heavy atom. The van der Waals surface area contributed by atoms with Crippen LogP contribution in [0.25, 0.3) is 0 Å². The average molecular weight is 273 g/mol. The molecule has 0 atom stereocenters. The normalized spacial score (nSPS) is 23.6. The second kappa shape index (κ2) is 4.57. The monoisotopic (exact) mass is 273 g/mol. The molecule has 0 N–H and O–H groups in total. The first kappa shape index (κ1) is 13.6. The third-order valence-corrected chi connectivity index (χ3v) is 4.25. The number of hydrogen-bond donors (Lipinski definition) is 0. The number of hydrogen-bond acceptors (Lipinski definition) is 5. The summed E-state index contributed by atoms with van der Waals surface area (Å²) < 4.78 is 12.1. The lowest BCUT2D eigenvalue weighted by Crippen LogP contribution is -2.41. The van der Waals surface area contributed by atoms with Crippen LogP contribution in [-0.2, 0) is 9.31 Å². The van der Waals surface area contributed by atoms with E-state index in [9.17, 15) is 0 Å². The van der Waals surface area contributed by atoms with Gasteiger partial charge < -0.3 is 9.31 Å². The van der Waals surface area contributed by atoms with E-state index in [1.165, 1.54) is 0 Å². The Balaban J connectivity index is 1.85. The van der Waals surface area contributed by atoms with Gasteiger partial charge in [-0.2, -0.15) is 5.10 Å². The maximum absolute atomic E-state index is 6.06. The van der Waals surface area contributed by atoms with Gasteiger partial charge in [0.15, 0.2) is 0 Å². The van der Waals surface area contributed by atoms with Crippen LogP contribution in [0.4, 0.5) is 5.82 Å². The summed E-state index contributed by atoms with van der Waals surface area (Å²) in [5.41, 5.74) is 0.329. The van der Waals surface area contributed by atoms with Crippen molar-refractivity contribution in [3.63, 3.8) is 0 Å². The largest absolute Gasteiger partial charge is 0.495 e. The average Bonchev–Trinajstić information content (AvgIpc) is 2.97. The molecule has 0 amide bonds. The SMILES string of the molecule is CC1(C)OB(c2ccnc(N3CCC=N3)c2)OC1(C)C. The van der Waals surface area contributed by atoms with Crippen molar-refractivity contribution >= 4 is 24.6 Å². The zero-order valence-electron chi connectivity index (χ0n) is 12.5. The maximum atomic E-state index is 6.06. The highest BCUT2D eigenvalue weighted by atomic mass is 16.7. The minimum absolute atomic E-state index is 0.326. The number of rotatable bonds is 2. The van der Waals surface area contributed by atoms with Crippen LogP contribution in [0.5, 0.6) is 0 Å². The summed E-state index contributed by atoms with van der Waals surface area (Å²) in [6.07, 6.45) is 4.65. The molecule has 1 fully saturated rings. The molecule has 2 aliphatic rings. The van der Waals surface area contributed by atoms with Crippen molar-refractivity contribution in [2.24, 2.45) is 5.10 Å². The third kappa shape index (κ3) is 2.23. The molecular weight excluding hydrogens is 253 g/mol. The van der Waals surface area contributed by atoms with E-state index >= 15 is 0 Å². The van der Waals surface area contributed by atoms with Crippen LogP contribution in [0.1, 0.15) is 34.1 Å². The molecule has 106 valence electrons. The zero-order chi connectivity index (χ0) is 14.4. The van der Waals surface area contributed by atoms with Crippen molar-refractivity contribution in [1.82, 2.24) is 4.98 Å². The molecule has 20 heavy (non-hydrogen) atoms. The Bertz CT molecular complexity index is 529. The summed E-state index contributed by atoms with van der Waals surface area (Å²) >= 11 is 0. The van der Waals surface area contributed by atoms with Crippen LogP contribution < -0.4 is 10.5 Å². The van der Waals surface area contributed by atoms with E-state index in [0.717, 1.165) is 24.2 Å². The van der Waals surface area contributed by atoms with Gasteiger partial charge in [-0.1, -0.05) is 0 Å². The van der Waals surface area contributed by atoms with E-state index in [0.29, 0.717) is 0 Å². The lowest BCUT2D eigenvalue weighted by molar-refractivity contribution is 0.00578. The topological polar surface area (TPSA) is 47.0 Å². The highest BCUT2D eigenvalue weighted by molar-refractivity contribution is 6.62. The van der Waals surface area contributed by atoms with Gasteiger partial charge in [0.25, 0.3) is 0 Å². The van der Waals surface area contributed by atoms with Gasteiger partial charge >= 0.3 is 7.12 Å². The summed E-state index contributed by atoms with van der Waals surface area (Å²) in [6.45, 7) is 9.10. The molecular formula is C14H20BN3O2. The van der Waals surface area contributed by atoms with Gasteiger partial charge in [-0.25, -0.2) is 9.99 Å². The molecule has 0 bridgehead atoms. The molecule has 0 saturated carbocycles. The summed E-state index contributed by atoms with van der Waals surface area (Å²) in [5, 5.41) is 6.19. The number of pyridine rings is 1. The van der Waals surface area contributed by atoms with Crippen molar-refractivity contribution < 1.29 is 9.31 Å². The third-order valence-electron chi connectivity index (χ3n) is 4.25. The van der Waals surface area contributed by atoms with Gasteiger partial charge in [-0.15, -0.1) is 0 Å². The summed E-state index contributed by atoms with van der Waals surface area (Å²) in [6, 6.07) is 3.93. The molecule has 1 aromatic rings. The molecule has 0 aromatic carbocycles. The molecule has 0 unspecified atom stereocenters.